The normalized spacial score (nSPS) is 17.4. The standard InChI is InChI=1S/C33H25O.C5H5.Fe/c1-32(2)28-19-11-10-18-26(28)29-24-16-8-9-17-25(24)31-27(30(29)32)20-21-33(34-31,23-14-6-7-15-23)22-12-4-3-5-13-22;1-2-4-5-3-1;/h3-21H,1-2H3;1-5H;/q2*-1;+2. The van der Waals surface area contributed by atoms with E-state index in [1.165, 1.54) is 38.6 Å². The fourth-order valence-electron chi connectivity index (χ4n) is 6.51. The summed E-state index contributed by atoms with van der Waals surface area (Å²) in [7, 11) is 0. The van der Waals surface area contributed by atoms with Crippen LogP contribution in [-0.4, -0.2) is 0 Å². The second-order valence-electron chi connectivity index (χ2n) is 10.9. The molecule has 1 heterocycles. The van der Waals surface area contributed by atoms with Crippen molar-refractivity contribution in [2.45, 2.75) is 24.9 Å². The zero-order valence-corrected chi connectivity index (χ0v) is 23.7. The SMILES string of the molecule is CC1(C)c2ccccc2-c2c1c1c(c3ccccc23)OC(c2ccccc2)(c2ccc[cH-]2)C=C1.[Fe+2].c1cc[cH-]c1. The Morgan fingerprint density at radius 1 is 0.675 bits per heavy atom. The molecule has 1 atom stereocenters. The number of hydrogen-bond donors (Lipinski definition) is 0. The zero-order chi connectivity index (χ0) is 26.5. The molecule has 40 heavy (non-hydrogen) atoms. The molecule has 0 radical (unpaired) electrons. The molecule has 1 aliphatic heterocycles. The van der Waals surface area contributed by atoms with Crippen LogP contribution in [-0.2, 0) is 28.1 Å². The van der Waals surface area contributed by atoms with E-state index in [0.29, 0.717) is 0 Å². The van der Waals surface area contributed by atoms with E-state index in [-0.39, 0.29) is 22.5 Å². The van der Waals surface area contributed by atoms with Gasteiger partial charge in [-0.05, 0) is 33.7 Å². The third-order valence-corrected chi connectivity index (χ3v) is 8.30. The monoisotopic (exact) mass is 558 g/mol. The smallest absolute Gasteiger partial charge is 0.475 e. The molecule has 0 N–H and O–H groups in total. The molecular formula is C38H30FeO. The summed E-state index contributed by atoms with van der Waals surface area (Å²) in [6.07, 6.45) is 4.58. The van der Waals surface area contributed by atoms with Gasteiger partial charge >= 0.3 is 17.1 Å². The van der Waals surface area contributed by atoms with Crippen LogP contribution in [0.1, 0.15) is 41.7 Å². The summed E-state index contributed by atoms with van der Waals surface area (Å²) in [6.45, 7) is 4.69. The minimum Gasteiger partial charge on any atom is -0.475 e. The summed E-state index contributed by atoms with van der Waals surface area (Å²) in [5, 5.41) is 2.43. The third-order valence-electron chi connectivity index (χ3n) is 8.30. The molecule has 2 aliphatic rings. The Bertz CT molecular complexity index is 1770. The van der Waals surface area contributed by atoms with Gasteiger partial charge in [-0.1, -0.05) is 98.8 Å². The first-order valence-electron chi connectivity index (χ1n) is 13.6. The van der Waals surface area contributed by atoms with Gasteiger partial charge in [0.2, 0.25) is 0 Å². The molecule has 8 rings (SSSR count). The zero-order valence-electron chi connectivity index (χ0n) is 22.6. The predicted octanol–water partition coefficient (Wildman–Crippen LogP) is 9.62. The summed E-state index contributed by atoms with van der Waals surface area (Å²) < 4.78 is 7.19. The molecule has 0 bridgehead atoms. The number of hydrogen-bond acceptors (Lipinski definition) is 1. The Hall–Kier alpha value is -4.10. The summed E-state index contributed by atoms with van der Waals surface area (Å²) in [5.74, 6) is 0.975. The van der Waals surface area contributed by atoms with E-state index in [9.17, 15) is 0 Å². The fourth-order valence-corrected chi connectivity index (χ4v) is 6.51. The molecule has 0 fully saturated rings. The van der Waals surface area contributed by atoms with Crippen LogP contribution in [0.3, 0.4) is 0 Å². The minimum absolute atomic E-state index is 0. The van der Waals surface area contributed by atoms with Gasteiger partial charge in [-0.25, -0.2) is 24.3 Å². The van der Waals surface area contributed by atoms with Crippen LogP contribution in [0.2, 0.25) is 0 Å². The molecule has 196 valence electrons. The molecule has 0 saturated heterocycles. The van der Waals surface area contributed by atoms with Gasteiger partial charge in [0, 0.05) is 21.9 Å². The van der Waals surface area contributed by atoms with Gasteiger partial charge in [0.25, 0.3) is 0 Å². The van der Waals surface area contributed by atoms with Crippen LogP contribution in [0.15, 0.2) is 140 Å². The van der Waals surface area contributed by atoms with Crippen molar-refractivity contribution >= 4 is 16.8 Å². The average molecular weight is 559 g/mol. The first-order chi connectivity index (χ1) is 19.1. The molecule has 2 heteroatoms. The van der Waals surface area contributed by atoms with Gasteiger partial charge < -0.3 is 4.74 Å². The summed E-state index contributed by atoms with van der Waals surface area (Å²) in [6, 6.07) is 46.7. The maximum Gasteiger partial charge on any atom is 2.00 e. The number of ether oxygens (including phenoxy) is 1. The van der Waals surface area contributed by atoms with E-state index in [2.05, 4.69) is 129 Å². The fraction of sp³-hybridized carbons (Fsp3) is 0.105. The molecule has 6 aromatic carbocycles. The van der Waals surface area contributed by atoms with E-state index in [1.54, 1.807) is 0 Å². The topological polar surface area (TPSA) is 9.23 Å². The Balaban J connectivity index is 0.000000438. The Morgan fingerprint density at radius 3 is 2.08 bits per heavy atom. The van der Waals surface area contributed by atoms with E-state index >= 15 is 0 Å². The van der Waals surface area contributed by atoms with Gasteiger partial charge in [-0.15, -0.1) is 5.56 Å². The van der Waals surface area contributed by atoms with Crippen molar-refractivity contribution < 1.29 is 21.8 Å². The molecule has 1 unspecified atom stereocenters. The van der Waals surface area contributed by atoms with Crippen LogP contribution in [0.5, 0.6) is 5.75 Å². The molecule has 6 aromatic rings. The summed E-state index contributed by atoms with van der Waals surface area (Å²) in [4.78, 5) is 0. The van der Waals surface area contributed by atoms with Gasteiger partial charge in [0.05, 0.1) is 0 Å². The first-order valence-corrected chi connectivity index (χ1v) is 13.6. The summed E-state index contributed by atoms with van der Waals surface area (Å²) >= 11 is 0. The predicted molar refractivity (Wildman–Crippen MR) is 162 cm³/mol. The Morgan fingerprint density at radius 2 is 1.38 bits per heavy atom. The second-order valence-corrected chi connectivity index (χ2v) is 10.9. The number of rotatable bonds is 2. The molecule has 0 spiro atoms. The largest absolute Gasteiger partial charge is 2.00 e. The minimum atomic E-state index is -0.662. The Kier molecular flexibility index (Phi) is 6.62. The average Bonchev–Trinajstić information content (AvgIpc) is 3.77. The van der Waals surface area contributed by atoms with Gasteiger partial charge in [-0.3, -0.25) is 0 Å². The molecule has 1 nitrogen and oxygen atoms in total. The number of benzene rings is 4. The molecule has 0 amide bonds. The van der Waals surface area contributed by atoms with E-state index in [0.717, 1.165) is 16.9 Å². The summed E-state index contributed by atoms with van der Waals surface area (Å²) in [5.41, 5.74) is 8.15. The van der Waals surface area contributed by atoms with Crippen molar-refractivity contribution in [1.29, 1.82) is 0 Å². The van der Waals surface area contributed by atoms with Gasteiger partial charge in [-0.2, -0.15) is 30.3 Å². The molecular weight excluding hydrogens is 528 g/mol. The van der Waals surface area contributed by atoms with Crippen molar-refractivity contribution in [3.63, 3.8) is 0 Å². The number of fused-ring (bicyclic) bond motifs is 8. The van der Waals surface area contributed by atoms with Crippen LogP contribution >= 0.6 is 0 Å². The Labute approximate surface area is 247 Å². The van der Waals surface area contributed by atoms with Crippen molar-refractivity contribution in [2.75, 3.05) is 0 Å². The van der Waals surface area contributed by atoms with Crippen LogP contribution in [0, 0.1) is 0 Å². The third kappa shape index (κ3) is 3.91. The second kappa shape index (κ2) is 10.1. The molecule has 0 aromatic heterocycles. The van der Waals surface area contributed by atoms with Crippen molar-refractivity contribution in [3.8, 4) is 16.9 Å². The maximum atomic E-state index is 7.19. The van der Waals surface area contributed by atoms with Gasteiger partial charge in [0.15, 0.2) is 5.60 Å². The van der Waals surface area contributed by atoms with Crippen molar-refractivity contribution in [3.05, 3.63) is 167 Å². The van der Waals surface area contributed by atoms with Crippen molar-refractivity contribution in [2.24, 2.45) is 0 Å². The van der Waals surface area contributed by atoms with E-state index in [1.807, 2.05) is 30.3 Å². The van der Waals surface area contributed by atoms with Crippen LogP contribution in [0.4, 0.5) is 0 Å². The molecule has 1 aliphatic carbocycles. The van der Waals surface area contributed by atoms with Crippen LogP contribution < -0.4 is 4.74 Å². The van der Waals surface area contributed by atoms with Crippen molar-refractivity contribution in [1.82, 2.24) is 0 Å². The quantitative estimate of drug-likeness (QED) is 0.152. The maximum absolute atomic E-state index is 7.19. The van der Waals surface area contributed by atoms with Crippen LogP contribution in [0.25, 0.3) is 28.0 Å². The van der Waals surface area contributed by atoms with Gasteiger partial charge in [0.1, 0.15) is 5.75 Å². The van der Waals surface area contributed by atoms with E-state index in [4.69, 9.17) is 4.74 Å². The van der Waals surface area contributed by atoms with E-state index < -0.39 is 5.60 Å². The first kappa shape index (κ1) is 26.1. The molecule has 0 saturated carbocycles.